The first-order chi connectivity index (χ1) is 17.3. The molecule has 172 valence electrons. The van der Waals surface area contributed by atoms with Gasteiger partial charge in [-0.15, -0.1) is 21.5 Å². The van der Waals surface area contributed by atoms with E-state index in [0.29, 0.717) is 5.82 Å². The quantitative estimate of drug-likeness (QED) is 0.304. The van der Waals surface area contributed by atoms with Crippen molar-refractivity contribution in [3.05, 3.63) is 89.7 Å². The molecule has 0 fully saturated rings. The number of tetrazole rings is 1. The SMILES string of the molecule is CCCc1nc2cc(-c3cccs3)ncc2n1Cc1ccc(-c2ccccc2-c2nn[nH]n2)cc1. The van der Waals surface area contributed by atoms with E-state index in [-0.39, 0.29) is 0 Å². The molecule has 0 saturated heterocycles. The first kappa shape index (κ1) is 21.4. The predicted octanol–water partition coefficient (Wildman–Crippen LogP) is 6.01. The Labute approximate surface area is 206 Å². The second-order valence-corrected chi connectivity index (χ2v) is 9.33. The third kappa shape index (κ3) is 4.13. The first-order valence-electron chi connectivity index (χ1n) is 11.6. The number of thiophene rings is 1. The van der Waals surface area contributed by atoms with Crippen LogP contribution in [0.25, 0.3) is 44.1 Å². The number of fused-ring (bicyclic) bond motifs is 1. The van der Waals surface area contributed by atoms with Crippen LogP contribution in [0.3, 0.4) is 0 Å². The van der Waals surface area contributed by atoms with Gasteiger partial charge in [0.2, 0.25) is 5.82 Å². The van der Waals surface area contributed by atoms with Gasteiger partial charge in [0, 0.05) is 18.5 Å². The highest BCUT2D eigenvalue weighted by Crippen LogP contribution is 2.31. The van der Waals surface area contributed by atoms with Gasteiger partial charge >= 0.3 is 0 Å². The third-order valence-electron chi connectivity index (χ3n) is 6.08. The van der Waals surface area contributed by atoms with Crippen LogP contribution in [-0.4, -0.2) is 35.2 Å². The molecule has 6 aromatic rings. The zero-order chi connectivity index (χ0) is 23.6. The molecule has 0 saturated carbocycles. The summed E-state index contributed by atoms with van der Waals surface area (Å²) in [6.45, 7) is 2.94. The number of rotatable bonds is 7. The summed E-state index contributed by atoms with van der Waals surface area (Å²) in [5.41, 5.74) is 7.39. The fourth-order valence-corrected chi connectivity index (χ4v) is 5.09. The Hall–Kier alpha value is -4.17. The number of aromatic nitrogens is 7. The number of aromatic amines is 1. The lowest BCUT2D eigenvalue weighted by Crippen LogP contribution is -2.05. The minimum Gasteiger partial charge on any atom is -0.322 e. The van der Waals surface area contributed by atoms with Gasteiger partial charge in [0.25, 0.3) is 0 Å². The first-order valence-corrected chi connectivity index (χ1v) is 12.5. The summed E-state index contributed by atoms with van der Waals surface area (Å²) in [6, 6.07) is 23.0. The average Bonchev–Trinajstić information content (AvgIpc) is 3.67. The molecule has 6 rings (SSSR count). The summed E-state index contributed by atoms with van der Waals surface area (Å²) in [5.74, 6) is 1.69. The van der Waals surface area contributed by atoms with E-state index in [0.717, 1.165) is 63.5 Å². The number of hydrogen-bond acceptors (Lipinski definition) is 6. The molecule has 4 heterocycles. The molecule has 0 aliphatic rings. The number of hydrogen-bond donors (Lipinski definition) is 1. The van der Waals surface area contributed by atoms with Crippen LogP contribution in [0.1, 0.15) is 24.7 Å². The Morgan fingerprint density at radius 1 is 0.971 bits per heavy atom. The number of imidazole rings is 1. The van der Waals surface area contributed by atoms with Crippen LogP contribution in [0.4, 0.5) is 0 Å². The van der Waals surface area contributed by atoms with Crippen LogP contribution in [0.2, 0.25) is 0 Å². The fraction of sp³-hybridized carbons (Fsp3) is 0.148. The Bertz CT molecular complexity index is 1570. The lowest BCUT2D eigenvalue weighted by Gasteiger charge is -2.11. The molecule has 0 unspecified atom stereocenters. The Morgan fingerprint density at radius 3 is 2.57 bits per heavy atom. The zero-order valence-electron chi connectivity index (χ0n) is 19.2. The smallest absolute Gasteiger partial charge is 0.205 e. The Balaban J connectivity index is 1.33. The van der Waals surface area contributed by atoms with E-state index in [9.17, 15) is 0 Å². The van der Waals surface area contributed by atoms with Gasteiger partial charge in [0.15, 0.2) is 0 Å². The molecule has 7 nitrogen and oxygen atoms in total. The number of benzene rings is 2. The average molecular weight is 478 g/mol. The summed E-state index contributed by atoms with van der Waals surface area (Å²) in [7, 11) is 0. The molecule has 0 spiro atoms. The molecule has 8 heteroatoms. The molecule has 0 aliphatic heterocycles. The molecule has 2 aromatic carbocycles. The number of nitrogens with zero attached hydrogens (tertiary/aromatic N) is 6. The number of nitrogens with one attached hydrogen (secondary N) is 1. The van der Waals surface area contributed by atoms with Crippen LogP contribution in [-0.2, 0) is 13.0 Å². The lowest BCUT2D eigenvalue weighted by molar-refractivity contribution is 0.721. The number of pyridine rings is 1. The summed E-state index contributed by atoms with van der Waals surface area (Å²) >= 11 is 1.70. The maximum Gasteiger partial charge on any atom is 0.205 e. The van der Waals surface area contributed by atoms with Gasteiger partial charge in [-0.2, -0.15) is 5.21 Å². The minimum absolute atomic E-state index is 0.591. The summed E-state index contributed by atoms with van der Waals surface area (Å²) in [6.07, 6.45) is 3.94. The van der Waals surface area contributed by atoms with Gasteiger partial charge in [-0.1, -0.05) is 61.5 Å². The number of H-pyrrole nitrogens is 1. The molecule has 0 bridgehead atoms. The van der Waals surface area contributed by atoms with Crippen LogP contribution in [0.5, 0.6) is 0 Å². The zero-order valence-corrected chi connectivity index (χ0v) is 20.0. The van der Waals surface area contributed by atoms with Crippen LogP contribution in [0.15, 0.2) is 78.3 Å². The minimum atomic E-state index is 0.591. The molecule has 1 N–H and O–H groups in total. The van der Waals surface area contributed by atoms with Gasteiger partial charge in [0.1, 0.15) is 5.82 Å². The Kier molecular flexibility index (Phi) is 5.64. The summed E-state index contributed by atoms with van der Waals surface area (Å²) in [4.78, 5) is 10.9. The lowest BCUT2D eigenvalue weighted by atomic mass is 9.98. The highest BCUT2D eigenvalue weighted by Gasteiger charge is 2.14. The van der Waals surface area contributed by atoms with Crippen molar-refractivity contribution < 1.29 is 0 Å². The van der Waals surface area contributed by atoms with E-state index < -0.39 is 0 Å². The Morgan fingerprint density at radius 2 is 1.83 bits per heavy atom. The highest BCUT2D eigenvalue weighted by molar-refractivity contribution is 7.13. The van der Waals surface area contributed by atoms with Gasteiger partial charge < -0.3 is 4.57 Å². The van der Waals surface area contributed by atoms with E-state index in [1.54, 1.807) is 11.3 Å². The van der Waals surface area contributed by atoms with E-state index in [1.807, 2.05) is 24.4 Å². The summed E-state index contributed by atoms with van der Waals surface area (Å²) in [5, 5.41) is 16.6. The molecule has 0 radical (unpaired) electrons. The van der Waals surface area contributed by atoms with Gasteiger partial charge in [0.05, 0.1) is 27.8 Å². The van der Waals surface area contributed by atoms with Crippen LogP contribution in [0, 0.1) is 0 Å². The van der Waals surface area contributed by atoms with Crippen LogP contribution >= 0.6 is 11.3 Å². The second kappa shape index (κ2) is 9.23. The van der Waals surface area contributed by atoms with Gasteiger partial charge in [-0.3, -0.25) is 4.98 Å². The molecule has 0 aliphatic carbocycles. The van der Waals surface area contributed by atoms with Crippen molar-refractivity contribution >= 4 is 22.4 Å². The van der Waals surface area contributed by atoms with Crippen molar-refractivity contribution in [2.45, 2.75) is 26.3 Å². The predicted molar refractivity (Wildman–Crippen MR) is 139 cm³/mol. The van der Waals surface area contributed by atoms with Crippen molar-refractivity contribution in [2.75, 3.05) is 0 Å². The largest absolute Gasteiger partial charge is 0.322 e. The van der Waals surface area contributed by atoms with E-state index in [4.69, 9.17) is 9.97 Å². The van der Waals surface area contributed by atoms with Crippen molar-refractivity contribution in [3.8, 4) is 33.1 Å². The molecule has 4 aromatic heterocycles. The van der Waals surface area contributed by atoms with Gasteiger partial charge in [-0.05, 0) is 45.8 Å². The normalized spacial score (nSPS) is 11.3. The van der Waals surface area contributed by atoms with Gasteiger partial charge in [-0.25, -0.2) is 4.98 Å². The summed E-state index contributed by atoms with van der Waals surface area (Å²) < 4.78 is 2.30. The molecule has 0 atom stereocenters. The third-order valence-corrected chi connectivity index (χ3v) is 6.97. The standard InChI is InChI=1S/C27H23N7S/c1-2-6-26-29-22-15-23(25-9-5-14-35-25)28-16-24(22)34(26)17-18-10-12-19(13-11-18)20-7-3-4-8-21(20)27-30-32-33-31-27/h3-5,7-16H,2,6,17H2,1H3,(H,30,31,32,33). The monoisotopic (exact) mass is 477 g/mol. The van der Waals surface area contributed by atoms with Crippen molar-refractivity contribution in [2.24, 2.45) is 0 Å². The topological polar surface area (TPSA) is 85.2 Å². The molecular weight excluding hydrogens is 454 g/mol. The van der Waals surface area contributed by atoms with Crippen LogP contribution < -0.4 is 0 Å². The molecular formula is C27H23N7S. The highest BCUT2D eigenvalue weighted by atomic mass is 32.1. The maximum absolute atomic E-state index is 4.98. The van der Waals surface area contributed by atoms with E-state index >= 15 is 0 Å². The second-order valence-electron chi connectivity index (χ2n) is 8.38. The van der Waals surface area contributed by atoms with Crippen molar-refractivity contribution in [3.63, 3.8) is 0 Å². The van der Waals surface area contributed by atoms with Crippen molar-refractivity contribution in [1.29, 1.82) is 0 Å². The maximum atomic E-state index is 4.98. The van der Waals surface area contributed by atoms with E-state index in [1.165, 1.54) is 5.56 Å². The fourth-order valence-electron chi connectivity index (χ4n) is 4.40. The van der Waals surface area contributed by atoms with Crippen molar-refractivity contribution in [1.82, 2.24) is 35.2 Å². The molecule has 35 heavy (non-hydrogen) atoms. The molecule has 0 amide bonds. The number of aryl methyl sites for hydroxylation is 1. The van der Waals surface area contributed by atoms with E-state index in [2.05, 4.69) is 86.0 Å².